The van der Waals surface area contributed by atoms with Crippen LogP contribution in [0.5, 0.6) is 0 Å². The van der Waals surface area contributed by atoms with Crippen molar-refractivity contribution in [3.8, 4) is 0 Å². The van der Waals surface area contributed by atoms with Gasteiger partial charge in [0, 0.05) is 58.3 Å². The first-order chi connectivity index (χ1) is 14.0. The third-order valence-electron chi connectivity index (χ3n) is 6.16. The molecule has 1 unspecified atom stereocenters. The van der Waals surface area contributed by atoms with E-state index < -0.39 is 0 Å². The molecule has 3 rings (SSSR count). The number of piperazine rings is 1. The number of nitrogens with zero attached hydrogens (tertiary/aromatic N) is 4. The van der Waals surface area contributed by atoms with Crippen LogP contribution >= 0.6 is 0 Å². The summed E-state index contributed by atoms with van der Waals surface area (Å²) >= 11 is 0. The second-order valence-corrected chi connectivity index (χ2v) is 8.08. The zero-order valence-electron chi connectivity index (χ0n) is 17.3. The molecule has 3 aliphatic rings. The van der Waals surface area contributed by atoms with Crippen molar-refractivity contribution in [3.05, 3.63) is 0 Å². The molecule has 10 heteroatoms. The molecule has 0 aliphatic carbocycles. The van der Waals surface area contributed by atoms with Crippen LogP contribution in [0.25, 0.3) is 0 Å². The minimum Gasteiger partial charge on any atom is -0.469 e. The number of methoxy groups -OCH3 is 1. The largest absolute Gasteiger partial charge is 0.469 e. The van der Waals surface area contributed by atoms with Crippen molar-refractivity contribution >= 4 is 18.0 Å². The maximum absolute atomic E-state index is 12.3. The van der Waals surface area contributed by atoms with Gasteiger partial charge in [0.25, 0.3) is 0 Å². The normalized spacial score (nSPS) is 24.6. The summed E-state index contributed by atoms with van der Waals surface area (Å²) in [6.45, 7) is 7.58. The van der Waals surface area contributed by atoms with Gasteiger partial charge in [0.05, 0.1) is 13.7 Å². The molecule has 3 heterocycles. The Morgan fingerprint density at radius 1 is 1.17 bits per heavy atom. The number of carbonyl (C=O) groups excluding carboxylic acids is 2. The van der Waals surface area contributed by atoms with Crippen LogP contribution in [-0.2, 0) is 14.3 Å². The van der Waals surface area contributed by atoms with Gasteiger partial charge in [-0.3, -0.25) is 15.1 Å². The molecule has 0 saturated carbocycles. The smallest absolute Gasteiger partial charge is 0.410 e. The molecule has 0 aromatic heterocycles. The van der Waals surface area contributed by atoms with E-state index in [1.54, 1.807) is 0 Å². The molecule has 3 saturated heterocycles. The summed E-state index contributed by atoms with van der Waals surface area (Å²) in [6.07, 6.45) is 2.65. The van der Waals surface area contributed by atoms with E-state index in [-0.39, 0.29) is 30.2 Å². The fourth-order valence-electron chi connectivity index (χ4n) is 4.39. The highest BCUT2D eigenvalue weighted by molar-refractivity contribution is 5.75. The van der Waals surface area contributed by atoms with Gasteiger partial charge in [-0.1, -0.05) is 0 Å². The van der Waals surface area contributed by atoms with E-state index in [1.807, 2.05) is 9.80 Å². The van der Waals surface area contributed by atoms with Crippen LogP contribution < -0.4 is 5.73 Å². The SMILES string of the molecule is COC(=O)CCCN1CCN(CC2CN(C3CCN(C(=N)N)CC3)C(=O)O2)CC1. The Hall–Kier alpha value is -2.07. The van der Waals surface area contributed by atoms with E-state index in [0.717, 1.165) is 58.5 Å². The molecule has 0 spiro atoms. The Bertz CT molecular complexity index is 587. The second-order valence-electron chi connectivity index (χ2n) is 8.08. The number of likely N-dealkylation sites (tertiary alicyclic amines) is 1. The van der Waals surface area contributed by atoms with Crippen molar-refractivity contribution in [2.45, 2.75) is 37.8 Å². The molecular formula is C19H34N6O4. The number of esters is 1. The standard InChI is InChI=1S/C19H34N6O4/c1-28-17(26)3-2-6-22-9-11-23(12-10-22)13-16-14-25(19(27)29-16)15-4-7-24(8-5-15)18(20)21/h15-16H,2-14H2,1H3,(H3,20,21). The summed E-state index contributed by atoms with van der Waals surface area (Å²) in [4.78, 5) is 32.0. The Kier molecular flexibility index (Phi) is 7.54. The lowest BCUT2D eigenvalue weighted by atomic mass is 10.0. The lowest BCUT2D eigenvalue weighted by Gasteiger charge is -2.36. The van der Waals surface area contributed by atoms with Gasteiger partial charge in [-0.2, -0.15) is 0 Å². The summed E-state index contributed by atoms with van der Waals surface area (Å²) in [5.74, 6) is -0.0435. The van der Waals surface area contributed by atoms with Crippen LogP contribution in [0.1, 0.15) is 25.7 Å². The highest BCUT2D eigenvalue weighted by atomic mass is 16.6. The van der Waals surface area contributed by atoms with E-state index in [1.165, 1.54) is 7.11 Å². The molecule has 0 radical (unpaired) electrons. The van der Waals surface area contributed by atoms with Gasteiger partial charge in [0.1, 0.15) is 6.10 Å². The van der Waals surface area contributed by atoms with Gasteiger partial charge in [0.2, 0.25) is 0 Å². The molecule has 3 aliphatic heterocycles. The molecule has 1 amide bonds. The zero-order chi connectivity index (χ0) is 20.8. The number of ether oxygens (including phenoxy) is 2. The number of rotatable bonds is 7. The van der Waals surface area contributed by atoms with Crippen LogP contribution in [0, 0.1) is 5.41 Å². The average Bonchev–Trinajstić information content (AvgIpc) is 3.09. The van der Waals surface area contributed by atoms with E-state index >= 15 is 0 Å². The summed E-state index contributed by atoms with van der Waals surface area (Å²) in [5, 5.41) is 7.53. The van der Waals surface area contributed by atoms with E-state index in [2.05, 4.69) is 14.5 Å². The van der Waals surface area contributed by atoms with Gasteiger partial charge < -0.3 is 29.9 Å². The Morgan fingerprint density at radius 3 is 2.45 bits per heavy atom. The number of hydrogen-bond donors (Lipinski definition) is 2. The van der Waals surface area contributed by atoms with Gasteiger partial charge in [-0.15, -0.1) is 0 Å². The van der Waals surface area contributed by atoms with E-state index in [9.17, 15) is 9.59 Å². The first-order valence-corrected chi connectivity index (χ1v) is 10.5. The number of hydrogen-bond acceptors (Lipinski definition) is 7. The lowest BCUT2D eigenvalue weighted by molar-refractivity contribution is -0.140. The van der Waals surface area contributed by atoms with Gasteiger partial charge in [0.15, 0.2) is 5.96 Å². The molecule has 164 valence electrons. The maximum atomic E-state index is 12.3. The Balaban J connectivity index is 1.35. The fraction of sp³-hybridized carbons (Fsp3) is 0.842. The third kappa shape index (κ3) is 5.96. The molecule has 1 atom stereocenters. The minimum atomic E-state index is -0.210. The van der Waals surface area contributed by atoms with Crippen LogP contribution in [0.4, 0.5) is 4.79 Å². The summed E-state index contributed by atoms with van der Waals surface area (Å²) < 4.78 is 10.3. The number of nitrogens with one attached hydrogen (secondary N) is 1. The van der Waals surface area contributed by atoms with Crippen molar-refractivity contribution in [1.29, 1.82) is 5.41 Å². The van der Waals surface area contributed by atoms with Gasteiger partial charge >= 0.3 is 12.1 Å². The van der Waals surface area contributed by atoms with Crippen LogP contribution in [0.15, 0.2) is 0 Å². The molecule has 3 N–H and O–H groups in total. The van der Waals surface area contributed by atoms with Gasteiger partial charge in [-0.05, 0) is 25.8 Å². The number of carbonyl (C=O) groups is 2. The van der Waals surface area contributed by atoms with E-state index in [4.69, 9.17) is 15.9 Å². The van der Waals surface area contributed by atoms with Crippen LogP contribution in [0.3, 0.4) is 0 Å². The predicted molar refractivity (Wildman–Crippen MR) is 108 cm³/mol. The number of amides is 1. The predicted octanol–water partition coefficient (Wildman–Crippen LogP) is -0.264. The average molecular weight is 411 g/mol. The topological polar surface area (TPSA) is 115 Å². The molecular weight excluding hydrogens is 376 g/mol. The number of piperidine rings is 1. The molecule has 0 aromatic rings. The Morgan fingerprint density at radius 2 is 1.83 bits per heavy atom. The van der Waals surface area contributed by atoms with Gasteiger partial charge in [-0.25, -0.2) is 4.79 Å². The maximum Gasteiger partial charge on any atom is 0.410 e. The highest BCUT2D eigenvalue weighted by Gasteiger charge is 2.38. The quantitative estimate of drug-likeness (QED) is 0.335. The summed E-state index contributed by atoms with van der Waals surface area (Å²) in [7, 11) is 1.42. The van der Waals surface area contributed by atoms with Crippen LogP contribution in [0.2, 0.25) is 0 Å². The second kappa shape index (κ2) is 10.1. The molecule has 3 fully saturated rings. The summed E-state index contributed by atoms with van der Waals surface area (Å²) in [5.41, 5.74) is 5.55. The number of nitrogens with two attached hydrogens (primary N) is 1. The summed E-state index contributed by atoms with van der Waals surface area (Å²) in [6, 6.07) is 0.176. The molecule has 0 aromatic carbocycles. The minimum absolute atomic E-state index is 0.0841. The number of cyclic esters (lactones) is 1. The third-order valence-corrected chi connectivity index (χ3v) is 6.16. The first kappa shape index (κ1) is 21.6. The Labute approximate surface area is 172 Å². The molecule has 0 bridgehead atoms. The van der Waals surface area contributed by atoms with Crippen molar-refractivity contribution < 1.29 is 19.1 Å². The van der Waals surface area contributed by atoms with Crippen molar-refractivity contribution in [3.63, 3.8) is 0 Å². The molecule has 29 heavy (non-hydrogen) atoms. The van der Waals surface area contributed by atoms with Crippen molar-refractivity contribution in [2.24, 2.45) is 5.73 Å². The van der Waals surface area contributed by atoms with Crippen molar-refractivity contribution in [1.82, 2.24) is 19.6 Å². The highest BCUT2D eigenvalue weighted by Crippen LogP contribution is 2.23. The molecule has 10 nitrogen and oxygen atoms in total. The first-order valence-electron chi connectivity index (χ1n) is 10.5. The van der Waals surface area contributed by atoms with Crippen LogP contribution in [-0.4, -0.2) is 116 Å². The lowest BCUT2D eigenvalue weighted by Crippen LogP contribution is -2.50. The zero-order valence-corrected chi connectivity index (χ0v) is 17.3. The monoisotopic (exact) mass is 410 g/mol. The van der Waals surface area contributed by atoms with E-state index in [0.29, 0.717) is 26.1 Å². The van der Waals surface area contributed by atoms with Crippen molar-refractivity contribution in [2.75, 3.05) is 66.0 Å². The fourth-order valence-corrected chi connectivity index (χ4v) is 4.39. The number of guanidine groups is 1.